The highest BCUT2D eigenvalue weighted by Crippen LogP contribution is 2.40. The molecule has 152 valence electrons. The fraction of sp³-hybridized carbons (Fsp3) is 0.250. The Hall–Kier alpha value is -2.71. The number of benzene rings is 2. The molecular formula is C20H20ClN3O4S. The van der Waals surface area contributed by atoms with Gasteiger partial charge in [0.1, 0.15) is 30.1 Å². The van der Waals surface area contributed by atoms with Crippen LogP contribution in [0.3, 0.4) is 0 Å². The molecule has 0 spiro atoms. The van der Waals surface area contributed by atoms with E-state index in [-0.39, 0.29) is 11.8 Å². The number of rotatable bonds is 6. The molecule has 0 fully saturated rings. The van der Waals surface area contributed by atoms with Crippen LogP contribution in [-0.4, -0.2) is 35.2 Å². The van der Waals surface area contributed by atoms with E-state index < -0.39 is 5.37 Å². The number of carbonyl (C=O) groups excluding carboxylic acids is 2. The second-order valence-corrected chi connectivity index (χ2v) is 7.60. The zero-order valence-corrected chi connectivity index (χ0v) is 17.5. The summed E-state index contributed by atoms with van der Waals surface area (Å²) in [6.45, 7) is 3.52. The summed E-state index contributed by atoms with van der Waals surface area (Å²) in [5, 5.41) is 8.46. The summed E-state index contributed by atoms with van der Waals surface area (Å²) in [7, 11) is 0. The van der Waals surface area contributed by atoms with Crippen molar-refractivity contribution in [1.29, 1.82) is 0 Å². The van der Waals surface area contributed by atoms with E-state index in [4.69, 9.17) is 21.1 Å². The Kier molecular flexibility index (Phi) is 7.00. The van der Waals surface area contributed by atoms with Crippen molar-refractivity contribution in [2.24, 2.45) is 5.10 Å². The first-order chi connectivity index (χ1) is 13.9. The van der Waals surface area contributed by atoms with Gasteiger partial charge in [0.15, 0.2) is 5.17 Å². The van der Waals surface area contributed by atoms with Gasteiger partial charge in [0.05, 0.1) is 5.02 Å². The number of nitrogens with zero attached hydrogens (tertiary/aromatic N) is 2. The molecule has 2 aromatic rings. The fourth-order valence-corrected chi connectivity index (χ4v) is 3.97. The molecule has 0 aliphatic carbocycles. The van der Waals surface area contributed by atoms with Gasteiger partial charge in [0.2, 0.25) is 11.8 Å². The van der Waals surface area contributed by atoms with E-state index in [2.05, 4.69) is 10.4 Å². The third-order valence-electron chi connectivity index (χ3n) is 3.84. The number of amidine groups is 1. The lowest BCUT2D eigenvalue weighted by molar-refractivity contribution is -0.129. The smallest absolute Gasteiger partial charge is 0.241 e. The number of hydrazone groups is 1. The van der Waals surface area contributed by atoms with Crippen LogP contribution in [0.25, 0.3) is 0 Å². The Morgan fingerprint density at radius 3 is 2.52 bits per heavy atom. The van der Waals surface area contributed by atoms with Crippen LogP contribution in [0.4, 0.5) is 0 Å². The second-order valence-electron chi connectivity index (χ2n) is 6.12. The average Bonchev–Trinajstić information content (AvgIpc) is 3.10. The highest BCUT2D eigenvalue weighted by atomic mass is 35.5. The molecule has 0 bridgehead atoms. The maximum atomic E-state index is 11.9. The lowest BCUT2D eigenvalue weighted by atomic mass is 10.2. The number of halogens is 1. The SMILES string of the molecule is CC(=O)NC1=NN(C(C)=O)[C@@H](c2ccc(OCCOc3ccccc3)c(Cl)c2)S1. The quantitative estimate of drug-likeness (QED) is 0.701. The maximum Gasteiger partial charge on any atom is 0.241 e. The number of amides is 2. The predicted molar refractivity (Wildman–Crippen MR) is 113 cm³/mol. The van der Waals surface area contributed by atoms with Gasteiger partial charge in [0, 0.05) is 13.8 Å². The van der Waals surface area contributed by atoms with Crippen LogP contribution in [0, 0.1) is 0 Å². The first kappa shape index (κ1) is 21.0. The highest BCUT2D eigenvalue weighted by molar-refractivity contribution is 8.14. The van der Waals surface area contributed by atoms with Crippen molar-refractivity contribution in [3.63, 3.8) is 0 Å². The highest BCUT2D eigenvalue weighted by Gasteiger charge is 2.32. The van der Waals surface area contributed by atoms with Crippen molar-refractivity contribution in [3.05, 3.63) is 59.1 Å². The summed E-state index contributed by atoms with van der Waals surface area (Å²) in [4.78, 5) is 23.2. The Morgan fingerprint density at radius 1 is 1.14 bits per heavy atom. The molecule has 0 radical (unpaired) electrons. The lowest BCUT2D eigenvalue weighted by Gasteiger charge is -2.20. The first-order valence-corrected chi connectivity index (χ1v) is 10.1. The van der Waals surface area contributed by atoms with Crippen LogP contribution in [-0.2, 0) is 9.59 Å². The van der Waals surface area contributed by atoms with Crippen LogP contribution < -0.4 is 14.8 Å². The van der Waals surface area contributed by atoms with Crippen LogP contribution in [0.5, 0.6) is 11.5 Å². The first-order valence-electron chi connectivity index (χ1n) is 8.87. The monoisotopic (exact) mass is 433 g/mol. The summed E-state index contributed by atoms with van der Waals surface area (Å²) < 4.78 is 11.3. The Balaban J connectivity index is 1.61. The van der Waals surface area contributed by atoms with Crippen molar-refractivity contribution in [3.8, 4) is 11.5 Å². The van der Waals surface area contributed by atoms with E-state index in [0.717, 1.165) is 11.3 Å². The molecule has 0 unspecified atom stereocenters. The minimum absolute atomic E-state index is 0.239. The van der Waals surface area contributed by atoms with Gasteiger partial charge in [0.25, 0.3) is 0 Å². The molecule has 9 heteroatoms. The number of ether oxygens (including phenoxy) is 2. The summed E-state index contributed by atoms with van der Waals surface area (Å²) in [5.41, 5.74) is 0.771. The zero-order chi connectivity index (χ0) is 20.8. The third kappa shape index (κ3) is 5.65. The van der Waals surface area contributed by atoms with Crippen LogP contribution in [0.2, 0.25) is 5.02 Å². The van der Waals surface area contributed by atoms with Gasteiger partial charge in [-0.25, -0.2) is 5.01 Å². The zero-order valence-electron chi connectivity index (χ0n) is 15.9. The third-order valence-corrected chi connectivity index (χ3v) is 5.24. The summed E-state index contributed by atoms with van der Waals surface area (Å²) in [6.07, 6.45) is 0. The van der Waals surface area contributed by atoms with Gasteiger partial charge < -0.3 is 14.8 Å². The van der Waals surface area contributed by atoms with Gasteiger partial charge in [-0.3, -0.25) is 9.59 Å². The summed E-state index contributed by atoms with van der Waals surface area (Å²) >= 11 is 7.63. The Labute approximate surface area is 178 Å². The fourth-order valence-electron chi connectivity index (χ4n) is 2.59. The average molecular weight is 434 g/mol. The predicted octanol–water partition coefficient (Wildman–Crippen LogP) is 3.80. The molecule has 0 saturated heterocycles. The van der Waals surface area contributed by atoms with Crippen molar-refractivity contribution in [2.45, 2.75) is 19.2 Å². The minimum atomic E-state index is -0.415. The molecule has 1 aliphatic heterocycles. The molecule has 29 heavy (non-hydrogen) atoms. The van der Waals surface area contributed by atoms with E-state index >= 15 is 0 Å². The number of thioether (sulfide) groups is 1. The maximum absolute atomic E-state index is 11.9. The van der Waals surface area contributed by atoms with Crippen LogP contribution in [0.1, 0.15) is 24.8 Å². The molecule has 1 aliphatic rings. The Morgan fingerprint density at radius 2 is 1.86 bits per heavy atom. The van der Waals surface area contributed by atoms with Crippen LogP contribution in [0.15, 0.2) is 53.6 Å². The Bertz CT molecular complexity index is 923. The number of carbonyl (C=O) groups is 2. The van der Waals surface area contributed by atoms with E-state index in [0.29, 0.717) is 29.2 Å². The van der Waals surface area contributed by atoms with E-state index in [1.54, 1.807) is 12.1 Å². The number of para-hydroxylation sites is 1. The van der Waals surface area contributed by atoms with Gasteiger partial charge in [-0.1, -0.05) is 47.6 Å². The van der Waals surface area contributed by atoms with Crippen molar-refractivity contribution in [1.82, 2.24) is 10.3 Å². The van der Waals surface area contributed by atoms with Gasteiger partial charge in [-0.05, 0) is 29.8 Å². The van der Waals surface area contributed by atoms with Gasteiger partial charge in [-0.2, -0.15) is 0 Å². The van der Waals surface area contributed by atoms with E-state index in [1.165, 1.54) is 30.6 Å². The number of hydrogen-bond donors (Lipinski definition) is 1. The van der Waals surface area contributed by atoms with E-state index in [1.807, 2.05) is 36.4 Å². The molecule has 3 rings (SSSR count). The molecular weight excluding hydrogens is 414 g/mol. The molecule has 1 atom stereocenters. The molecule has 7 nitrogen and oxygen atoms in total. The number of hydrogen-bond acceptors (Lipinski definition) is 6. The molecule has 2 amide bonds. The van der Waals surface area contributed by atoms with E-state index in [9.17, 15) is 9.59 Å². The number of nitrogens with one attached hydrogen (secondary N) is 1. The molecule has 0 saturated carbocycles. The summed E-state index contributed by atoms with van der Waals surface area (Å²) in [6, 6.07) is 14.8. The molecule has 0 aromatic heterocycles. The normalized spacial score (nSPS) is 15.6. The van der Waals surface area contributed by atoms with Gasteiger partial charge >= 0.3 is 0 Å². The van der Waals surface area contributed by atoms with Crippen LogP contribution >= 0.6 is 23.4 Å². The van der Waals surface area contributed by atoms with Crippen molar-refractivity contribution >= 4 is 40.3 Å². The summed E-state index contributed by atoms with van der Waals surface area (Å²) in [5.74, 6) is 0.805. The molecule has 1 heterocycles. The van der Waals surface area contributed by atoms with Crippen molar-refractivity contribution < 1.29 is 19.1 Å². The van der Waals surface area contributed by atoms with Gasteiger partial charge in [-0.15, -0.1) is 5.10 Å². The molecule has 2 aromatic carbocycles. The largest absolute Gasteiger partial charge is 0.490 e. The topological polar surface area (TPSA) is 80.2 Å². The minimum Gasteiger partial charge on any atom is -0.490 e. The molecule has 1 N–H and O–H groups in total. The van der Waals surface area contributed by atoms with Crippen molar-refractivity contribution in [2.75, 3.05) is 13.2 Å². The second kappa shape index (κ2) is 9.67. The standard InChI is InChI=1S/C20H20ClN3O4S/c1-13(25)22-20-23-24(14(2)26)19(29-20)15-8-9-18(17(21)12-15)28-11-10-27-16-6-4-3-5-7-16/h3-9,12,19H,10-11H2,1-2H3,(H,22,23,25)/t19-/m1/s1. The lowest BCUT2D eigenvalue weighted by Crippen LogP contribution is -2.25.